The Morgan fingerprint density at radius 1 is 1.22 bits per heavy atom. The third kappa shape index (κ3) is 4.50. The van der Waals surface area contributed by atoms with Crippen molar-refractivity contribution >= 4 is 0 Å². The molecule has 2 aromatic rings. The van der Waals surface area contributed by atoms with Crippen molar-refractivity contribution in [2.45, 2.75) is 31.5 Å². The Balaban J connectivity index is 2.03. The van der Waals surface area contributed by atoms with Gasteiger partial charge in [-0.1, -0.05) is 0 Å². The van der Waals surface area contributed by atoms with E-state index in [1.807, 2.05) is 23.6 Å². The van der Waals surface area contributed by atoms with Crippen LogP contribution in [-0.2, 0) is 12.7 Å². The van der Waals surface area contributed by atoms with Gasteiger partial charge in [-0.05, 0) is 58.2 Å². The molecule has 148 valence electrons. The average molecular weight is 384 g/mol. The number of rotatable bonds is 5. The highest BCUT2D eigenvalue weighted by atomic mass is 19.4. The minimum Gasteiger partial charge on any atom is -0.326 e. The zero-order chi connectivity index (χ0) is 19.6. The minimum atomic E-state index is -4.73. The molecule has 4 nitrogen and oxygen atoms in total. The molecule has 1 aliphatic heterocycles. The molecule has 2 heterocycles. The van der Waals surface area contributed by atoms with Crippen LogP contribution in [0.5, 0.6) is 0 Å². The zero-order valence-corrected chi connectivity index (χ0v) is 15.5. The molecule has 0 radical (unpaired) electrons. The van der Waals surface area contributed by atoms with E-state index in [1.165, 1.54) is 6.07 Å². The molecule has 3 rings (SSSR count). The van der Waals surface area contributed by atoms with Crippen LogP contribution < -0.4 is 5.32 Å². The quantitative estimate of drug-likeness (QED) is 0.798. The molecule has 27 heavy (non-hydrogen) atoms. The maximum Gasteiger partial charge on any atom is 0.419 e. The van der Waals surface area contributed by atoms with E-state index in [0.29, 0.717) is 17.8 Å². The van der Waals surface area contributed by atoms with Crippen molar-refractivity contribution < 1.29 is 17.6 Å². The van der Waals surface area contributed by atoms with Crippen LogP contribution in [0.15, 0.2) is 24.4 Å². The van der Waals surface area contributed by atoms with Gasteiger partial charge in [0.2, 0.25) is 0 Å². The van der Waals surface area contributed by atoms with Crippen LogP contribution in [0.3, 0.4) is 0 Å². The van der Waals surface area contributed by atoms with Crippen LogP contribution >= 0.6 is 0 Å². The van der Waals surface area contributed by atoms with Crippen molar-refractivity contribution in [2.75, 3.05) is 33.7 Å². The fraction of sp³-hybridized carbons (Fsp3) is 0.526. The molecule has 0 atom stereocenters. The molecular formula is C19H24F4N4. The Morgan fingerprint density at radius 3 is 2.56 bits per heavy atom. The molecule has 1 saturated heterocycles. The van der Waals surface area contributed by atoms with Gasteiger partial charge in [0, 0.05) is 24.6 Å². The van der Waals surface area contributed by atoms with Gasteiger partial charge >= 0.3 is 6.18 Å². The van der Waals surface area contributed by atoms with Crippen LogP contribution in [0.1, 0.15) is 30.1 Å². The first-order chi connectivity index (χ1) is 12.8. The van der Waals surface area contributed by atoms with Gasteiger partial charge in [-0.25, -0.2) is 9.37 Å². The number of nitrogens with zero attached hydrogens (tertiary/aromatic N) is 3. The summed E-state index contributed by atoms with van der Waals surface area (Å²) in [6, 6.07) is 3.15. The third-order valence-electron chi connectivity index (χ3n) is 4.93. The lowest BCUT2D eigenvalue weighted by atomic mass is 9.97. The summed E-state index contributed by atoms with van der Waals surface area (Å²) >= 11 is 0. The summed E-state index contributed by atoms with van der Waals surface area (Å²) in [4.78, 5) is 6.57. The van der Waals surface area contributed by atoms with E-state index >= 15 is 0 Å². The van der Waals surface area contributed by atoms with Crippen LogP contribution in [0.25, 0.3) is 11.3 Å². The van der Waals surface area contributed by atoms with E-state index in [1.54, 1.807) is 6.20 Å². The summed E-state index contributed by atoms with van der Waals surface area (Å²) in [6.45, 7) is 3.14. The lowest BCUT2D eigenvalue weighted by Gasteiger charge is -2.24. The second kappa shape index (κ2) is 7.98. The number of imidazole rings is 1. The van der Waals surface area contributed by atoms with E-state index in [-0.39, 0.29) is 5.92 Å². The predicted molar refractivity (Wildman–Crippen MR) is 96.0 cm³/mol. The maximum absolute atomic E-state index is 13.7. The molecule has 1 fully saturated rings. The number of likely N-dealkylation sites (N-methyl/N-ethyl adjacent to an activating group) is 1. The first-order valence-electron chi connectivity index (χ1n) is 9.05. The van der Waals surface area contributed by atoms with Crippen molar-refractivity contribution in [1.82, 2.24) is 19.8 Å². The van der Waals surface area contributed by atoms with E-state index in [4.69, 9.17) is 0 Å². The van der Waals surface area contributed by atoms with Crippen molar-refractivity contribution in [3.05, 3.63) is 41.6 Å². The first kappa shape index (κ1) is 19.8. The highest BCUT2D eigenvalue weighted by Crippen LogP contribution is 2.35. The molecule has 0 aliphatic carbocycles. The minimum absolute atomic E-state index is 0.268. The predicted octanol–water partition coefficient (Wildman–Crippen LogP) is 3.74. The summed E-state index contributed by atoms with van der Waals surface area (Å²) in [5.41, 5.74) is -0.324. The van der Waals surface area contributed by atoms with E-state index in [2.05, 4.69) is 10.3 Å². The van der Waals surface area contributed by atoms with Crippen molar-refractivity contribution in [1.29, 1.82) is 0 Å². The molecule has 1 aliphatic rings. The maximum atomic E-state index is 13.7. The molecule has 1 aromatic carbocycles. The number of halogens is 4. The normalized spacial score (nSPS) is 16.3. The number of nitrogens with one attached hydrogen (secondary N) is 1. The SMILES string of the molecule is CN(C)CCn1c(-c2ccc(F)c(C(F)(F)F)c2)cnc1C1CCNCC1. The molecule has 1 N–H and O–H groups in total. The highest BCUT2D eigenvalue weighted by Gasteiger charge is 2.34. The van der Waals surface area contributed by atoms with Gasteiger partial charge in [0.25, 0.3) is 0 Å². The number of alkyl halides is 3. The number of hydrogen-bond donors (Lipinski definition) is 1. The second-order valence-electron chi connectivity index (χ2n) is 7.17. The Bertz CT molecular complexity index is 777. The van der Waals surface area contributed by atoms with Crippen LogP contribution in [0.4, 0.5) is 17.6 Å². The van der Waals surface area contributed by atoms with Gasteiger partial charge in [-0.15, -0.1) is 0 Å². The molecule has 0 unspecified atom stereocenters. The smallest absolute Gasteiger partial charge is 0.326 e. The zero-order valence-electron chi connectivity index (χ0n) is 15.5. The van der Waals surface area contributed by atoms with Gasteiger partial charge < -0.3 is 14.8 Å². The van der Waals surface area contributed by atoms with Gasteiger partial charge in [0.1, 0.15) is 11.6 Å². The Labute approximate surface area is 156 Å². The fourth-order valence-electron chi connectivity index (χ4n) is 3.46. The van der Waals surface area contributed by atoms with Gasteiger partial charge in [-0.3, -0.25) is 0 Å². The molecule has 1 aromatic heterocycles. The highest BCUT2D eigenvalue weighted by molar-refractivity contribution is 5.61. The monoisotopic (exact) mass is 384 g/mol. The summed E-state index contributed by atoms with van der Waals surface area (Å²) in [7, 11) is 3.89. The van der Waals surface area contributed by atoms with Gasteiger partial charge in [0.15, 0.2) is 0 Å². The summed E-state index contributed by atoms with van der Waals surface area (Å²) in [5.74, 6) is -0.0971. The topological polar surface area (TPSA) is 33.1 Å². The van der Waals surface area contributed by atoms with Gasteiger partial charge in [0.05, 0.1) is 17.5 Å². The van der Waals surface area contributed by atoms with Gasteiger partial charge in [-0.2, -0.15) is 13.2 Å². The van der Waals surface area contributed by atoms with Crippen LogP contribution in [0, 0.1) is 5.82 Å². The van der Waals surface area contributed by atoms with Crippen molar-refractivity contribution in [3.8, 4) is 11.3 Å². The first-order valence-corrected chi connectivity index (χ1v) is 9.05. The molecule has 0 amide bonds. The third-order valence-corrected chi connectivity index (χ3v) is 4.93. The van der Waals surface area contributed by atoms with Crippen molar-refractivity contribution in [2.24, 2.45) is 0 Å². The number of hydrogen-bond acceptors (Lipinski definition) is 3. The second-order valence-corrected chi connectivity index (χ2v) is 7.17. The van der Waals surface area contributed by atoms with Crippen LogP contribution in [0.2, 0.25) is 0 Å². The largest absolute Gasteiger partial charge is 0.419 e. The summed E-state index contributed by atoms with van der Waals surface area (Å²) in [6.07, 6.45) is -1.24. The summed E-state index contributed by atoms with van der Waals surface area (Å²) in [5, 5.41) is 3.31. The molecule has 8 heteroatoms. The molecule has 0 saturated carbocycles. The Kier molecular flexibility index (Phi) is 5.86. The van der Waals surface area contributed by atoms with E-state index in [9.17, 15) is 17.6 Å². The molecule has 0 spiro atoms. The fourth-order valence-corrected chi connectivity index (χ4v) is 3.46. The van der Waals surface area contributed by atoms with Crippen molar-refractivity contribution in [3.63, 3.8) is 0 Å². The van der Waals surface area contributed by atoms with E-state index < -0.39 is 17.6 Å². The molecular weight excluding hydrogens is 360 g/mol. The Morgan fingerprint density at radius 2 is 1.93 bits per heavy atom. The Hall–Kier alpha value is -1.93. The lowest BCUT2D eigenvalue weighted by molar-refractivity contribution is -0.139. The number of aromatic nitrogens is 2. The molecule has 0 bridgehead atoms. The van der Waals surface area contributed by atoms with E-state index in [0.717, 1.165) is 50.4 Å². The summed E-state index contributed by atoms with van der Waals surface area (Å²) < 4.78 is 55.0. The standard InChI is InChI=1S/C19H24F4N4/c1-26(2)9-10-27-17(12-25-18(27)13-5-7-24-8-6-13)14-3-4-16(20)15(11-14)19(21,22)23/h3-4,11-13,24H,5-10H2,1-2H3. The average Bonchev–Trinajstić information content (AvgIpc) is 3.04. The van der Waals surface area contributed by atoms with Crippen LogP contribution in [-0.4, -0.2) is 48.2 Å². The lowest BCUT2D eigenvalue weighted by Crippen LogP contribution is -2.29. The number of benzene rings is 1. The number of piperidine rings is 1.